The van der Waals surface area contributed by atoms with Crippen LogP contribution in [0.2, 0.25) is 0 Å². The molecule has 0 fully saturated rings. The fraction of sp³-hybridized carbons (Fsp3) is 0.364. The number of carbonyl (C=O) groups is 2. The zero-order valence-electron chi connectivity index (χ0n) is 16.6. The Kier molecular flexibility index (Phi) is 5.87. The molecule has 2 aromatic carbocycles. The third-order valence-electron chi connectivity index (χ3n) is 5.15. The van der Waals surface area contributed by atoms with Crippen LogP contribution in [-0.4, -0.2) is 40.4 Å². The maximum Gasteiger partial charge on any atom is 0.338 e. The first-order valence-electron chi connectivity index (χ1n) is 9.08. The maximum atomic E-state index is 12.3. The minimum Gasteiger partial charge on any atom is -0.496 e. The van der Waals surface area contributed by atoms with Gasteiger partial charge in [0.05, 0.1) is 39.6 Å². The van der Waals surface area contributed by atoms with E-state index in [1.807, 2.05) is 12.1 Å². The molecule has 4 bridgehead atoms. The number of benzene rings is 2. The molecule has 0 unspecified atom stereocenters. The van der Waals surface area contributed by atoms with Crippen LogP contribution >= 0.6 is 0 Å². The van der Waals surface area contributed by atoms with Crippen molar-refractivity contribution in [1.29, 1.82) is 0 Å². The monoisotopic (exact) mass is 384 g/mol. The third kappa shape index (κ3) is 3.67. The van der Waals surface area contributed by atoms with E-state index in [-0.39, 0.29) is 0 Å². The highest BCUT2D eigenvalue weighted by molar-refractivity contribution is 5.96. The second-order valence-electron chi connectivity index (χ2n) is 6.63. The molecule has 6 rings (SSSR count). The van der Waals surface area contributed by atoms with Gasteiger partial charge in [-0.1, -0.05) is 0 Å². The molecule has 0 N–H and O–H groups in total. The lowest BCUT2D eigenvalue weighted by Gasteiger charge is -2.19. The Morgan fingerprint density at radius 1 is 0.607 bits per heavy atom. The molecule has 0 heterocycles. The number of esters is 2. The third-order valence-corrected chi connectivity index (χ3v) is 5.15. The van der Waals surface area contributed by atoms with Gasteiger partial charge in [-0.25, -0.2) is 9.59 Å². The lowest BCUT2D eigenvalue weighted by Crippen LogP contribution is -2.14. The van der Waals surface area contributed by atoms with Crippen LogP contribution in [0.25, 0.3) is 0 Å². The Morgan fingerprint density at radius 2 is 0.964 bits per heavy atom. The van der Waals surface area contributed by atoms with Gasteiger partial charge in [0.15, 0.2) is 0 Å². The van der Waals surface area contributed by atoms with Crippen LogP contribution in [0, 0.1) is 0 Å². The van der Waals surface area contributed by atoms with Crippen LogP contribution in [0.1, 0.15) is 43.0 Å². The number of aryl methyl sites for hydroxylation is 4. The van der Waals surface area contributed by atoms with Gasteiger partial charge in [0, 0.05) is 0 Å². The summed E-state index contributed by atoms with van der Waals surface area (Å²) in [6, 6.07) is 7.48. The van der Waals surface area contributed by atoms with Gasteiger partial charge in [-0.2, -0.15) is 0 Å². The summed E-state index contributed by atoms with van der Waals surface area (Å²) >= 11 is 0. The summed E-state index contributed by atoms with van der Waals surface area (Å²) in [4.78, 5) is 24.7. The van der Waals surface area contributed by atoms with E-state index in [4.69, 9.17) is 18.9 Å². The minimum atomic E-state index is -0.414. The van der Waals surface area contributed by atoms with E-state index in [0.717, 1.165) is 33.8 Å². The van der Waals surface area contributed by atoms with E-state index >= 15 is 0 Å². The molecule has 0 saturated heterocycles. The topological polar surface area (TPSA) is 71.1 Å². The largest absolute Gasteiger partial charge is 0.496 e. The molecule has 0 amide bonds. The van der Waals surface area contributed by atoms with Crippen molar-refractivity contribution in [3.8, 4) is 11.5 Å². The van der Waals surface area contributed by atoms with Crippen molar-refractivity contribution in [3.05, 3.63) is 57.6 Å². The molecule has 148 valence electrons. The molecule has 0 radical (unpaired) electrons. The Morgan fingerprint density at radius 3 is 1.29 bits per heavy atom. The number of carbonyl (C=O) groups excluding carboxylic acids is 2. The van der Waals surface area contributed by atoms with Gasteiger partial charge in [0.25, 0.3) is 0 Å². The summed E-state index contributed by atoms with van der Waals surface area (Å²) < 4.78 is 21.1. The molecule has 2 aromatic rings. The predicted octanol–water partition coefficient (Wildman–Crippen LogP) is 3.16. The fourth-order valence-corrected chi connectivity index (χ4v) is 3.66. The number of hydrogen-bond acceptors (Lipinski definition) is 6. The van der Waals surface area contributed by atoms with Crippen LogP contribution in [0.4, 0.5) is 0 Å². The first kappa shape index (κ1) is 19.7. The molecule has 6 nitrogen and oxygen atoms in total. The van der Waals surface area contributed by atoms with Crippen LogP contribution in [0.15, 0.2) is 24.3 Å². The first-order valence-corrected chi connectivity index (χ1v) is 9.08. The van der Waals surface area contributed by atoms with Gasteiger partial charge in [-0.3, -0.25) is 0 Å². The fourth-order valence-electron chi connectivity index (χ4n) is 3.66. The quantitative estimate of drug-likeness (QED) is 0.754. The van der Waals surface area contributed by atoms with E-state index in [1.165, 1.54) is 14.2 Å². The van der Waals surface area contributed by atoms with Crippen LogP contribution in [-0.2, 0) is 35.2 Å². The highest BCUT2D eigenvalue weighted by Crippen LogP contribution is 2.33. The SMILES string of the molecule is COC(=O)c1cc2c(C(=O)OC)cc1CCc1cc(OC)c(cc1OC)CC2. The van der Waals surface area contributed by atoms with Crippen molar-refractivity contribution in [2.75, 3.05) is 28.4 Å². The van der Waals surface area contributed by atoms with Gasteiger partial charge in [0.1, 0.15) is 11.5 Å². The van der Waals surface area contributed by atoms with Crippen LogP contribution < -0.4 is 9.47 Å². The van der Waals surface area contributed by atoms with E-state index in [9.17, 15) is 9.59 Å². The van der Waals surface area contributed by atoms with Gasteiger partial charge in [-0.15, -0.1) is 0 Å². The molecule has 6 heteroatoms. The van der Waals surface area contributed by atoms with Crippen molar-refractivity contribution >= 4 is 11.9 Å². The van der Waals surface area contributed by atoms with E-state index in [1.54, 1.807) is 26.4 Å². The van der Waals surface area contributed by atoms with Gasteiger partial charge < -0.3 is 18.9 Å². The second-order valence-corrected chi connectivity index (χ2v) is 6.63. The predicted molar refractivity (Wildman–Crippen MR) is 103 cm³/mol. The molecule has 4 aliphatic rings. The molecule has 0 spiro atoms. The average Bonchev–Trinajstić information content (AvgIpc) is 2.73. The average molecular weight is 384 g/mol. The summed E-state index contributed by atoms with van der Waals surface area (Å²) in [7, 11) is 6.00. The zero-order valence-corrected chi connectivity index (χ0v) is 16.6. The molecule has 0 atom stereocenters. The van der Waals surface area contributed by atoms with E-state index < -0.39 is 11.9 Å². The lowest BCUT2D eigenvalue weighted by molar-refractivity contribution is 0.0584. The first-order chi connectivity index (χ1) is 13.5. The Bertz CT molecular complexity index is 840. The van der Waals surface area contributed by atoms with E-state index in [2.05, 4.69) is 0 Å². The van der Waals surface area contributed by atoms with Crippen LogP contribution in [0.5, 0.6) is 11.5 Å². The number of ether oxygens (including phenoxy) is 4. The highest BCUT2D eigenvalue weighted by Gasteiger charge is 2.22. The molecule has 28 heavy (non-hydrogen) atoms. The lowest BCUT2D eigenvalue weighted by atomic mass is 9.89. The summed E-state index contributed by atoms with van der Waals surface area (Å²) in [5.41, 5.74) is 4.38. The van der Waals surface area contributed by atoms with Gasteiger partial charge >= 0.3 is 11.9 Å². The molecule has 4 aliphatic carbocycles. The zero-order chi connectivity index (χ0) is 20.3. The maximum absolute atomic E-state index is 12.3. The molecule has 0 aromatic heterocycles. The Hall–Kier alpha value is -3.02. The standard InChI is InChI=1S/C22H24O6/c1-25-19-11-16-8-6-14-10-17(21(23)27-3)13(9-18(14)22(24)28-4)5-7-15(19)12-20(16)26-2/h9-12H,5-8H2,1-4H3. The minimum absolute atomic E-state index is 0.414. The van der Waals surface area contributed by atoms with Gasteiger partial charge in [-0.05, 0) is 72.2 Å². The molecule has 0 saturated carbocycles. The summed E-state index contributed by atoms with van der Waals surface area (Å²) in [5, 5.41) is 0. The van der Waals surface area contributed by atoms with Crippen molar-refractivity contribution in [2.45, 2.75) is 25.7 Å². The normalized spacial score (nSPS) is 12.7. The van der Waals surface area contributed by atoms with Crippen molar-refractivity contribution in [1.82, 2.24) is 0 Å². The Balaban J connectivity index is 2.18. The molecular weight excluding hydrogens is 360 g/mol. The van der Waals surface area contributed by atoms with E-state index in [0.29, 0.717) is 36.8 Å². The van der Waals surface area contributed by atoms with Gasteiger partial charge in [0.2, 0.25) is 0 Å². The summed E-state index contributed by atoms with van der Waals surface area (Å²) in [6.45, 7) is 0. The molecular formula is C22H24O6. The number of hydrogen-bond donors (Lipinski definition) is 0. The highest BCUT2D eigenvalue weighted by atomic mass is 16.5. The summed E-state index contributed by atoms with van der Waals surface area (Å²) in [5.74, 6) is 0.753. The summed E-state index contributed by atoms with van der Waals surface area (Å²) in [6.07, 6.45) is 2.30. The number of methoxy groups -OCH3 is 4. The molecule has 0 aliphatic heterocycles. The second kappa shape index (κ2) is 8.33. The Labute approximate surface area is 164 Å². The van der Waals surface area contributed by atoms with Crippen molar-refractivity contribution in [2.24, 2.45) is 0 Å². The smallest absolute Gasteiger partial charge is 0.338 e. The number of rotatable bonds is 4. The van der Waals surface area contributed by atoms with Crippen molar-refractivity contribution < 1.29 is 28.5 Å². The van der Waals surface area contributed by atoms with Crippen LogP contribution in [0.3, 0.4) is 0 Å². The van der Waals surface area contributed by atoms with Crippen molar-refractivity contribution in [3.63, 3.8) is 0 Å².